The molecule has 2 N–H and O–H groups in total. The van der Waals surface area contributed by atoms with E-state index in [0.717, 1.165) is 18.9 Å². The van der Waals surface area contributed by atoms with Crippen molar-refractivity contribution >= 4 is 11.9 Å². The molecule has 1 saturated carbocycles. The van der Waals surface area contributed by atoms with Gasteiger partial charge in [-0.3, -0.25) is 9.79 Å². The van der Waals surface area contributed by atoms with Crippen LogP contribution in [0.1, 0.15) is 43.2 Å². The molecule has 5 heteroatoms. The van der Waals surface area contributed by atoms with E-state index in [1.807, 2.05) is 11.0 Å². The molecule has 0 saturated heterocycles. The average Bonchev–Trinajstić information content (AvgIpc) is 2.65. The Morgan fingerprint density at radius 2 is 1.96 bits per heavy atom. The van der Waals surface area contributed by atoms with Crippen LogP contribution in [0.4, 0.5) is 0 Å². The lowest BCUT2D eigenvalue weighted by atomic mass is 9.96. The quantitative estimate of drug-likeness (QED) is 0.660. The summed E-state index contributed by atoms with van der Waals surface area (Å²) in [6.45, 7) is 1.81. The SMILES string of the molecule is CN=C(NCC(=O)N1CCc2ccccc2C1)NC1CCCCC1. The van der Waals surface area contributed by atoms with Crippen molar-refractivity contribution in [1.82, 2.24) is 15.5 Å². The zero-order valence-corrected chi connectivity index (χ0v) is 14.6. The lowest BCUT2D eigenvalue weighted by molar-refractivity contribution is -0.130. The fraction of sp³-hybridized carbons (Fsp3) is 0.579. The molecule has 1 fully saturated rings. The molecule has 130 valence electrons. The molecule has 1 aliphatic heterocycles. The van der Waals surface area contributed by atoms with Gasteiger partial charge in [0.1, 0.15) is 0 Å². The van der Waals surface area contributed by atoms with Crippen molar-refractivity contribution in [3.05, 3.63) is 35.4 Å². The third-order valence-electron chi connectivity index (χ3n) is 5.06. The monoisotopic (exact) mass is 328 g/mol. The van der Waals surface area contributed by atoms with Crippen LogP contribution in [-0.2, 0) is 17.8 Å². The second-order valence-corrected chi connectivity index (χ2v) is 6.74. The molecular formula is C19H28N4O. The third-order valence-corrected chi connectivity index (χ3v) is 5.06. The molecule has 1 aromatic carbocycles. The van der Waals surface area contributed by atoms with Crippen molar-refractivity contribution < 1.29 is 4.79 Å². The predicted octanol–water partition coefficient (Wildman–Crippen LogP) is 2.07. The van der Waals surface area contributed by atoms with Crippen LogP contribution in [0.15, 0.2) is 29.3 Å². The Balaban J connectivity index is 1.48. The number of nitrogens with one attached hydrogen (secondary N) is 2. The molecule has 3 rings (SSSR count). The standard InChI is InChI=1S/C19H28N4O/c1-20-19(22-17-9-3-2-4-10-17)21-13-18(24)23-12-11-15-7-5-6-8-16(15)14-23/h5-8,17H,2-4,9-14H2,1H3,(H2,20,21,22). The molecule has 0 radical (unpaired) electrons. The van der Waals surface area contributed by atoms with Crippen molar-refractivity contribution in [2.24, 2.45) is 4.99 Å². The van der Waals surface area contributed by atoms with Crippen molar-refractivity contribution in [3.8, 4) is 0 Å². The summed E-state index contributed by atoms with van der Waals surface area (Å²) in [6.07, 6.45) is 7.22. The Morgan fingerprint density at radius 3 is 2.71 bits per heavy atom. The summed E-state index contributed by atoms with van der Waals surface area (Å²) in [7, 11) is 1.76. The van der Waals surface area contributed by atoms with E-state index < -0.39 is 0 Å². The van der Waals surface area contributed by atoms with Gasteiger partial charge in [0.15, 0.2) is 5.96 Å². The number of benzene rings is 1. The number of hydrogen-bond donors (Lipinski definition) is 2. The van der Waals surface area contributed by atoms with Gasteiger partial charge >= 0.3 is 0 Å². The Morgan fingerprint density at radius 1 is 1.21 bits per heavy atom. The second-order valence-electron chi connectivity index (χ2n) is 6.74. The first kappa shape index (κ1) is 16.8. The number of carbonyl (C=O) groups excluding carboxylic acids is 1. The average molecular weight is 328 g/mol. The van der Waals surface area contributed by atoms with Gasteiger partial charge in [-0.1, -0.05) is 43.5 Å². The fourth-order valence-corrected chi connectivity index (χ4v) is 3.61. The predicted molar refractivity (Wildman–Crippen MR) is 96.9 cm³/mol. The maximum Gasteiger partial charge on any atom is 0.242 e. The van der Waals surface area contributed by atoms with Crippen LogP contribution in [0.2, 0.25) is 0 Å². The van der Waals surface area contributed by atoms with Gasteiger partial charge in [0.05, 0.1) is 6.54 Å². The van der Waals surface area contributed by atoms with Crippen LogP contribution in [0.5, 0.6) is 0 Å². The van der Waals surface area contributed by atoms with Gasteiger partial charge in [0.25, 0.3) is 0 Å². The van der Waals surface area contributed by atoms with Gasteiger partial charge in [-0.05, 0) is 30.4 Å². The molecule has 1 aliphatic carbocycles. The number of hydrogen-bond acceptors (Lipinski definition) is 2. The molecule has 1 heterocycles. The molecule has 0 atom stereocenters. The number of rotatable bonds is 3. The molecule has 0 bridgehead atoms. The van der Waals surface area contributed by atoms with Crippen LogP contribution in [0, 0.1) is 0 Å². The van der Waals surface area contributed by atoms with E-state index in [4.69, 9.17) is 0 Å². The van der Waals surface area contributed by atoms with Crippen molar-refractivity contribution in [2.75, 3.05) is 20.1 Å². The molecule has 2 aliphatic rings. The number of guanidine groups is 1. The van der Waals surface area contributed by atoms with Crippen LogP contribution >= 0.6 is 0 Å². The molecule has 0 spiro atoms. The Bertz CT molecular complexity index is 593. The van der Waals surface area contributed by atoms with Gasteiger partial charge in [-0.25, -0.2) is 0 Å². The van der Waals surface area contributed by atoms with Gasteiger partial charge in [-0.15, -0.1) is 0 Å². The van der Waals surface area contributed by atoms with Gasteiger partial charge < -0.3 is 15.5 Å². The summed E-state index contributed by atoms with van der Waals surface area (Å²) < 4.78 is 0. The van der Waals surface area contributed by atoms with E-state index in [0.29, 0.717) is 19.1 Å². The Kier molecular flexibility index (Phi) is 5.72. The number of nitrogens with zero attached hydrogens (tertiary/aromatic N) is 2. The van der Waals surface area contributed by atoms with Crippen LogP contribution in [-0.4, -0.2) is 42.9 Å². The molecular weight excluding hydrogens is 300 g/mol. The molecule has 1 amide bonds. The highest BCUT2D eigenvalue weighted by atomic mass is 16.2. The number of amides is 1. The highest BCUT2D eigenvalue weighted by molar-refractivity contribution is 5.86. The van der Waals surface area contributed by atoms with E-state index >= 15 is 0 Å². The van der Waals surface area contributed by atoms with Crippen molar-refractivity contribution in [2.45, 2.75) is 51.1 Å². The minimum atomic E-state index is 0.135. The Labute approximate surface area is 144 Å². The fourth-order valence-electron chi connectivity index (χ4n) is 3.61. The topological polar surface area (TPSA) is 56.7 Å². The van der Waals surface area contributed by atoms with Gasteiger partial charge in [0, 0.05) is 26.2 Å². The lowest BCUT2D eigenvalue weighted by Crippen LogP contribution is -2.48. The van der Waals surface area contributed by atoms with Crippen LogP contribution in [0.3, 0.4) is 0 Å². The van der Waals surface area contributed by atoms with E-state index in [9.17, 15) is 4.79 Å². The van der Waals surface area contributed by atoms with Crippen LogP contribution < -0.4 is 10.6 Å². The highest BCUT2D eigenvalue weighted by Gasteiger charge is 2.21. The summed E-state index contributed by atoms with van der Waals surface area (Å²) in [5, 5.41) is 6.63. The second kappa shape index (κ2) is 8.18. The highest BCUT2D eigenvalue weighted by Crippen LogP contribution is 2.18. The van der Waals surface area contributed by atoms with E-state index in [1.165, 1.54) is 43.2 Å². The van der Waals surface area contributed by atoms with Gasteiger partial charge in [0.2, 0.25) is 5.91 Å². The van der Waals surface area contributed by atoms with E-state index in [-0.39, 0.29) is 5.91 Å². The third kappa shape index (κ3) is 4.28. The van der Waals surface area contributed by atoms with Gasteiger partial charge in [-0.2, -0.15) is 0 Å². The minimum Gasteiger partial charge on any atom is -0.354 e. The molecule has 0 unspecified atom stereocenters. The summed E-state index contributed by atoms with van der Waals surface area (Å²) in [5.41, 5.74) is 2.63. The first-order valence-electron chi connectivity index (χ1n) is 9.08. The maximum absolute atomic E-state index is 12.5. The van der Waals surface area contributed by atoms with E-state index in [1.54, 1.807) is 7.05 Å². The zero-order valence-electron chi connectivity index (χ0n) is 14.6. The minimum absolute atomic E-state index is 0.135. The summed E-state index contributed by atoms with van der Waals surface area (Å²) in [5.74, 6) is 0.878. The number of carbonyl (C=O) groups is 1. The summed E-state index contributed by atoms with van der Waals surface area (Å²) >= 11 is 0. The summed E-state index contributed by atoms with van der Waals surface area (Å²) in [6, 6.07) is 8.87. The van der Waals surface area contributed by atoms with Crippen molar-refractivity contribution in [1.29, 1.82) is 0 Å². The smallest absolute Gasteiger partial charge is 0.242 e. The molecule has 5 nitrogen and oxygen atoms in total. The largest absolute Gasteiger partial charge is 0.354 e. The normalized spacial score (nSPS) is 18.9. The first-order chi connectivity index (χ1) is 11.8. The Hall–Kier alpha value is -2.04. The molecule has 1 aromatic rings. The van der Waals surface area contributed by atoms with Crippen molar-refractivity contribution in [3.63, 3.8) is 0 Å². The van der Waals surface area contributed by atoms with E-state index in [2.05, 4.69) is 33.8 Å². The lowest BCUT2D eigenvalue weighted by Gasteiger charge is -2.29. The number of fused-ring (bicyclic) bond motifs is 1. The molecule has 24 heavy (non-hydrogen) atoms. The molecule has 0 aromatic heterocycles. The zero-order chi connectivity index (χ0) is 16.8. The first-order valence-corrected chi connectivity index (χ1v) is 9.08. The number of aliphatic imine (C=N–C) groups is 1. The van der Waals surface area contributed by atoms with Crippen LogP contribution in [0.25, 0.3) is 0 Å². The summed E-state index contributed by atoms with van der Waals surface area (Å²) in [4.78, 5) is 18.7. The maximum atomic E-state index is 12.5.